The summed E-state index contributed by atoms with van der Waals surface area (Å²) in [5.74, 6) is -0.936. The summed E-state index contributed by atoms with van der Waals surface area (Å²) in [6.45, 7) is 0. The predicted molar refractivity (Wildman–Crippen MR) is 63.9 cm³/mol. The molecule has 1 aromatic heterocycles. The molecule has 0 saturated heterocycles. The van der Waals surface area contributed by atoms with E-state index in [4.69, 9.17) is 11.6 Å². The van der Waals surface area contributed by atoms with Crippen LogP contribution in [0.5, 0.6) is 0 Å². The number of alkyl halides is 3. The third kappa shape index (κ3) is 3.35. The first-order valence-electron chi connectivity index (χ1n) is 5.11. The van der Waals surface area contributed by atoms with Gasteiger partial charge in [0.2, 0.25) is 0 Å². The van der Waals surface area contributed by atoms with E-state index < -0.39 is 17.6 Å². The number of halogens is 5. The summed E-state index contributed by atoms with van der Waals surface area (Å²) in [4.78, 5) is 3.67. The fourth-order valence-electron chi connectivity index (χ4n) is 1.42. The van der Waals surface area contributed by atoms with Gasteiger partial charge < -0.3 is 5.32 Å². The topological polar surface area (TPSA) is 24.9 Å². The zero-order valence-corrected chi connectivity index (χ0v) is 10.1. The minimum atomic E-state index is -4.45. The van der Waals surface area contributed by atoms with Gasteiger partial charge in [-0.3, -0.25) is 0 Å². The molecule has 0 atom stereocenters. The Labute approximate surface area is 111 Å². The van der Waals surface area contributed by atoms with E-state index in [2.05, 4.69) is 10.3 Å². The number of benzene rings is 1. The molecule has 0 radical (unpaired) electrons. The average Bonchev–Trinajstić information content (AvgIpc) is 2.32. The molecule has 100 valence electrons. The second kappa shape index (κ2) is 5.05. The first kappa shape index (κ1) is 13.6. The van der Waals surface area contributed by atoms with Gasteiger partial charge in [0.15, 0.2) is 11.6 Å². The smallest absolute Gasteiger partial charge is 0.338 e. The maximum Gasteiger partial charge on any atom is 0.416 e. The summed E-state index contributed by atoms with van der Waals surface area (Å²) < 4.78 is 51.0. The fraction of sp³-hybridized carbons (Fsp3) is 0.0833. The molecule has 0 amide bonds. The number of hydrogen-bond acceptors (Lipinski definition) is 2. The average molecular weight is 291 g/mol. The fourth-order valence-corrected chi connectivity index (χ4v) is 1.56. The molecule has 0 saturated carbocycles. The molecule has 1 aromatic carbocycles. The summed E-state index contributed by atoms with van der Waals surface area (Å²) in [5, 5.41) is 2.57. The second-order valence-electron chi connectivity index (χ2n) is 3.69. The summed E-state index contributed by atoms with van der Waals surface area (Å²) in [5.41, 5.74) is -0.740. The van der Waals surface area contributed by atoms with Crippen LogP contribution < -0.4 is 5.32 Å². The van der Waals surface area contributed by atoms with Crippen LogP contribution in [0.4, 0.5) is 29.1 Å². The van der Waals surface area contributed by atoms with Gasteiger partial charge in [0.25, 0.3) is 0 Å². The minimum absolute atomic E-state index is 0.0866. The van der Waals surface area contributed by atoms with Crippen molar-refractivity contribution in [1.29, 1.82) is 0 Å². The van der Waals surface area contributed by atoms with E-state index in [1.165, 1.54) is 18.3 Å². The molecule has 0 spiro atoms. The van der Waals surface area contributed by atoms with E-state index in [-0.39, 0.29) is 16.5 Å². The van der Waals surface area contributed by atoms with E-state index in [0.29, 0.717) is 0 Å². The Balaban J connectivity index is 2.29. The van der Waals surface area contributed by atoms with E-state index in [9.17, 15) is 17.6 Å². The highest BCUT2D eigenvalue weighted by atomic mass is 35.5. The van der Waals surface area contributed by atoms with Crippen LogP contribution in [0.3, 0.4) is 0 Å². The van der Waals surface area contributed by atoms with Crippen LogP contribution in [-0.2, 0) is 6.18 Å². The van der Waals surface area contributed by atoms with Gasteiger partial charge in [0.1, 0.15) is 0 Å². The van der Waals surface area contributed by atoms with Gasteiger partial charge in [-0.05, 0) is 24.3 Å². The number of aromatic nitrogens is 1. The lowest BCUT2D eigenvalue weighted by atomic mass is 10.2. The van der Waals surface area contributed by atoms with Crippen LogP contribution in [-0.4, -0.2) is 4.98 Å². The third-order valence-electron chi connectivity index (χ3n) is 2.26. The molecule has 0 aliphatic carbocycles. The highest BCUT2D eigenvalue weighted by Crippen LogP contribution is 2.31. The van der Waals surface area contributed by atoms with Gasteiger partial charge in [-0.2, -0.15) is 13.2 Å². The Hall–Kier alpha value is -1.82. The Kier molecular flexibility index (Phi) is 3.61. The molecule has 1 heterocycles. The molecule has 0 unspecified atom stereocenters. The normalized spacial score (nSPS) is 11.4. The van der Waals surface area contributed by atoms with Crippen LogP contribution in [0.15, 0.2) is 36.5 Å². The van der Waals surface area contributed by atoms with Crippen molar-refractivity contribution in [2.24, 2.45) is 0 Å². The Bertz CT molecular complexity index is 599. The first-order chi connectivity index (χ1) is 8.86. The summed E-state index contributed by atoms with van der Waals surface area (Å²) >= 11 is 5.53. The molecule has 7 heteroatoms. The molecule has 0 fully saturated rings. The van der Waals surface area contributed by atoms with Gasteiger partial charge in [-0.15, -0.1) is 0 Å². The number of anilines is 2. The van der Waals surface area contributed by atoms with E-state index in [1.54, 1.807) is 0 Å². The summed E-state index contributed by atoms with van der Waals surface area (Å²) in [6.07, 6.45) is -3.26. The molecule has 2 nitrogen and oxygen atoms in total. The largest absolute Gasteiger partial charge is 0.416 e. The Morgan fingerprint density at radius 1 is 1.16 bits per heavy atom. The molecule has 0 aliphatic heterocycles. The van der Waals surface area contributed by atoms with Gasteiger partial charge in [0.05, 0.1) is 10.6 Å². The summed E-state index contributed by atoms with van der Waals surface area (Å²) in [7, 11) is 0. The van der Waals surface area contributed by atoms with E-state index >= 15 is 0 Å². The molecular weight excluding hydrogens is 284 g/mol. The lowest BCUT2D eigenvalue weighted by Crippen LogP contribution is -2.05. The first-order valence-corrected chi connectivity index (χ1v) is 5.49. The number of rotatable bonds is 2. The van der Waals surface area contributed by atoms with Crippen LogP contribution in [0.2, 0.25) is 5.02 Å². The highest BCUT2D eigenvalue weighted by molar-refractivity contribution is 6.30. The van der Waals surface area contributed by atoms with Gasteiger partial charge in [-0.25, -0.2) is 9.37 Å². The van der Waals surface area contributed by atoms with Crippen molar-refractivity contribution in [3.8, 4) is 0 Å². The predicted octanol–water partition coefficient (Wildman–Crippen LogP) is 4.64. The van der Waals surface area contributed by atoms with Gasteiger partial charge in [-0.1, -0.05) is 17.7 Å². The second-order valence-corrected chi connectivity index (χ2v) is 4.12. The Morgan fingerprint density at radius 2 is 1.89 bits per heavy atom. The van der Waals surface area contributed by atoms with Crippen LogP contribution in [0.1, 0.15) is 5.56 Å². The quantitative estimate of drug-likeness (QED) is 0.815. The van der Waals surface area contributed by atoms with E-state index in [1.807, 2.05) is 0 Å². The van der Waals surface area contributed by atoms with Crippen LogP contribution in [0, 0.1) is 5.82 Å². The van der Waals surface area contributed by atoms with Crippen molar-refractivity contribution in [2.75, 3.05) is 5.32 Å². The Morgan fingerprint density at radius 3 is 2.53 bits per heavy atom. The standard InChI is InChI=1S/C12H7ClF4N2/c13-8-5-10(14)11(18-6-8)19-9-3-1-2-7(4-9)12(15,16)17/h1-6H,(H,18,19). The molecule has 0 bridgehead atoms. The van der Waals surface area contributed by atoms with Crippen LogP contribution >= 0.6 is 11.6 Å². The van der Waals surface area contributed by atoms with Crippen molar-refractivity contribution in [3.05, 3.63) is 52.9 Å². The van der Waals surface area contributed by atoms with E-state index in [0.717, 1.165) is 18.2 Å². The highest BCUT2D eigenvalue weighted by Gasteiger charge is 2.30. The van der Waals surface area contributed by atoms with Gasteiger partial charge >= 0.3 is 6.18 Å². The number of pyridine rings is 1. The SMILES string of the molecule is Fc1cc(Cl)cnc1Nc1cccc(C(F)(F)F)c1. The molecular formula is C12H7ClF4N2. The van der Waals surface area contributed by atoms with Crippen molar-refractivity contribution in [2.45, 2.75) is 6.18 Å². The van der Waals surface area contributed by atoms with Crippen molar-refractivity contribution in [3.63, 3.8) is 0 Å². The lowest BCUT2D eigenvalue weighted by molar-refractivity contribution is -0.137. The number of nitrogens with one attached hydrogen (secondary N) is 1. The zero-order chi connectivity index (χ0) is 14.0. The van der Waals surface area contributed by atoms with Crippen molar-refractivity contribution < 1.29 is 17.6 Å². The monoisotopic (exact) mass is 290 g/mol. The maximum atomic E-state index is 13.4. The number of nitrogens with zero attached hydrogens (tertiary/aromatic N) is 1. The molecule has 2 aromatic rings. The lowest BCUT2D eigenvalue weighted by Gasteiger charge is -2.10. The summed E-state index contributed by atoms with van der Waals surface area (Å²) in [6, 6.07) is 5.42. The van der Waals surface area contributed by atoms with Crippen molar-refractivity contribution >= 4 is 23.1 Å². The van der Waals surface area contributed by atoms with Crippen LogP contribution in [0.25, 0.3) is 0 Å². The molecule has 2 rings (SSSR count). The number of hydrogen-bond donors (Lipinski definition) is 1. The maximum absolute atomic E-state index is 13.4. The zero-order valence-electron chi connectivity index (χ0n) is 9.30. The molecule has 1 N–H and O–H groups in total. The third-order valence-corrected chi connectivity index (χ3v) is 2.47. The molecule has 0 aliphatic rings. The van der Waals surface area contributed by atoms with Crippen molar-refractivity contribution in [1.82, 2.24) is 4.98 Å². The van der Waals surface area contributed by atoms with Gasteiger partial charge in [0, 0.05) is 11.9 Å². The minimum Gasteiger partial charge on any atom is -0.338 e. The molecule has 19 heavy (non-hydrogen) atoms.